The second-order valence-corrected chi connectivity index (χ2v) is 5.32. The van der Waals surface area contributed by atoms with Crippen molar-refractivity contribution >= 4 is 17.6 Å². The highest BCUT2D eigenvalue weighted by atomic mass is 16.5. The maximum Gasteiger partial charge on any atom is 0.307 e. The summed E-state index contributed by atoms with van der Waals surface area (Å²) in [6.07, 6.45) is 1.14. The molecule has 1 aliphatic carbocycles. The molecule has 23 heavy (non-hydrogen) atoms. The summed E-state index contributed by atoms with van der Waals surface area (Å²) in [6.45, 7) is 0.788. The summed E-state index contributed by atoms with van der Waals surface area (Å²) in [5, 5.41) is 11.8. The van der Waals surface area contributed by atoms with Crippen LogP contribution in [-0.2, 0) is 14.3 Å². The number of rotatable bonds is 8. The summed E-state index contributed by atoms with van der Waals surface area (Å²) in [4.78, 5) is 23.2. The molecule has 7 nitrogen and oxygen atoms in total. The molecule has 0 aromatic heterocycles. The van der Waals surface area contributed by atoms with Crippen LogP contribution in [-0.4, -0.2) is 44.4 Å². The summed E-state index contributed by atoms with van der Waals surface area (Å²) in [6, 6.07) is 5.03. The Morgan fingerprint density at radius 3 is 2.48 bits per heavy atom. The van der Waals surface area contributed by atoms with Gasteiger partial charge in [0.15, 0.2) is 11.5 Å². The molecule has 2 N–H and O–H groups in total. The van der Waals surface area contributed by atoms with Gasteiger partial charge in [-0.3, -0.25) is 9.59 Å². The van der Waals surface area contributed by atoms with Gasteiger partial charge < -0.3 is 24.6 Å². The van der Waals surface area contributed by atoms with Crippen LogP contribution in [0.25, 0.3) is 0 Å². The number of anilines is 1. The van der Waals surface area contributed by atoms with Gasteiger partial charge in [0.2, 0.25) is 5.91 Å². The number of ether oxygens (including phenoxy) is 3. The first-order chi connectivity index (χ1) is 11.1. The van der Waals surface area contributed by atoms with E-state index in [-0.39, 0.29) is 5.91 Å². The van der Waals surface area contributed by atoms with Crippen LogP contribution >= 0.6 is 0 Å². The van der Waals surface area contributed by atoms with Crippen LogP contribution in [0.5, 0.6) is 11.5 Å². The number of amides is 1. The van der Waals surface area contributed by atoms with Crippen molar-refractivity contribution in [2.45, 2.75) is 12.8 Å². The van der Waals surface area contributed by atoms with Gasteiger partial charge in [-0.1, -0.05) is 0 Å². The highest BCUT2D eigenvalue weighted by Gasteiger charge is 2.41. The van der Waals surface area contributed by atoms with E-state index in [0.717, 1.165) is 0 Å². The molecule has 2 unspecified atom stereocenters. The predicted octanol–water partition coefficient (Wildman–Crippen LogP) is 1.77. The van der Waals surface area contributed by atoms with E-state index in [1.807, 2.05) is 0 Å². The standard InChI is InChI=1S/C16H21NO6/c1-21-7-8-23-14-9-10(3-6-13(14)22-2)17-15(18)11-4-5-12(11)16(19)20/h3,6,9,11-12H,4-5,7-8H2,1-2H3,(H,17,18)(H,19,20). The SMILES string of the molecule is COCCOc1cc(NC(=O)C2CCC2C(=O)O)ccc1OC. The largest absolute Gasteiger partial charge is 0.493 e. The van der Waals surface area contributed by atoms with E-state index in [9.17, 15) is 9.59 Å². The molecule has 0 aliphatic heterocycles. The molecule has 126 valence electrons. The number of carboxylic acids is 1. The van der Waals surface area contributed by atoms with Gasteiger partial charge in [-0.25, -0.2) is 0 Å². The van der Waals surface area contributed by atoms with E-state index >= 15 is 0 Å². The van der Waals surface area contributed by atoms with Crippen LogP contribution in [0.2, 0.25) is 0 Å². The van der Waals surface area contributed by atoms with Crippen molar-refractivity contribution in [3.63, 3.8) is 0 Å². The molecule has 0 spiro atoms. The molecule has 1 fully saturated rings. The zero-order valence-corrected chi connectivity index (χ0v) is 13.2. The monoisotopic (exact) mass is 323 g/mol. The van der Waals surface area contributed by atoms with Crippen molar-refractivity contribution in [2.24, 2.45) is 11.8 Å². The minimum Gasteiger partial charge on any atom is -0.493 e. The summed E-state index contributed by atoms with van der Waals surface area (Å²) in [5.41, 5.74) is 0.541. The normalized spacial score (nSPS) is 19.6. The lowest BCUT2D eigenvalue weighted by Crippen LogP contribution is -2.41. The number of benzene rings is 1. The zero-order chi connectivity index (χ0) is 16.8. The first-order valence-electron chi connectivity index (χ1n) is 7.40. The molecule has 1 amide bonds. The second kappa shape index (κ2) is 7.82. The number of hydrogen-bond acceptors (Lipinski definition) is 5. The molecule has 1 aliphatic rings. The van der Waals surface area contributed by atoms with Gasteiger partial charge in [-0.05, 0) is 25.0 Å². The fourth-order valence-electron chi connectivity index (χ4n) is 2.45. The molecule has 7 heteroatoms. The number of carboxylic acid groups (broad SMARTS) is 1. The molecule has 0 saturated heterocycles. The van der Waals surface area contributed by atoms with Crippen molar-refractivity contribution in [3.8, 4) is 11.5 Å². The molecule has 0 bridgehead atoms. The van der Waals surface area contributed by atoms with Crippen molar-refractivity contribution in [1.82, 2.24) is 0 Å². The summed E-state index contributed by atoms with van der Waals surface area (Å²) < 4.78 is 15.7. The molecule has 1 aromatic carbocycles. The van der Waals surface area contributed by atoms with Gasteiger partial charge in [0, 0.05) is 18.9 Å². The molecule has 2 atom stereocenters. The lowest BCUT2D eigenvalue weighted by molar-refractivity contribution is -0.151. The summed E-state index contributed by atoms with van der Waals surface area (Å²) in [5.74, 6) is -1.23. The Kier molecular flexibility index (Phi) is 5.81. The van der Waals surface area contributed by atoms with Crippen molar-refractivity contribution in [2.75, 3.05) is 32.8 Å². The Morgan fingerprint density at radius 2 is 1.91 bits per heavy atom. The molecule has 0 radical (unpaired) electrons. The van der Waals surface area contributed by atoms with Crippen LogP contribution in [0.3, 0.4) is 0 Å². The smallest absolute Gasteiger partial charge is 0.307 e. The number of nitrogens with one attached hydrogen (secondary N) is 1. The van der Waals surface area contributed by atoms with E-state index in [2.05, 4.69) is 5.32 Å². The highest BCUT2D eigenvalue weighted by molar-refractivity contribution is 5.96. The lowest BCUT2D eigenvalue weighted by Gasteiger charge is -2.31. The van der Waals surface area contributed by atoms with Crippen LogP contribution in [0, 0.1) is 11.8 Å². The Hall–Kier alpha value is -2.28. The topological polar surface area (TPSA) is 94.1 Å². The molecule has 1 aromatic rings. The second-order valence-electron chi connectivity index (χ2n) is 5.32. The Balaban J connectivity index is 2.03. The Labute approximate surface area is 134 Å². The molecular weight excluding hydrogens is 302 g/mol. The number of hydrogen-bond donors (Lipinski definition) is 2. The first-order valence-corrected chi connectivity index (χ1v) is 7.40. The average molecular weight is 323 g/mol. The summed E-state index contributed by atoms with van der Waals surface area (Å²) >= 11 is 0. The van der Waals surface area contributed by atoms with E-state index < -0.39 is 17.8 Å². The van der Waals surface area contributed by atoms with Crippen LogP contribution in [0.1, 0.15) is 12.8 Å². The van der Waals surface area contributed by atoms with Crippen molar-refractivity contribution < 1.29 is 28.9 Å². The number of carbonyl (C=O) groups is 2. The molecule has 0 heterocycles. The molecule has 1 saturated carbocycles. The van der Waals surface area contributed by atoms with Gasteiger partial charge in [-0.2, -0.15) is 0 Å². The number of carbonyl (C=O) groups excluding carboxylic acids is 1. The molecular formula is C16H21NO6. The predicted molar refractivity (Wildman–Crippen MR) is 82.8 cm³/mol. The maximum absolute atomic E-state index is 12.2. The third-order valence-electron chi connectivity index (χ3n) is 3.90. The van der Waals surface area contributed by atoms with Crippen LogP contribution in [0.15, 0.2) is 18.2 Å². The third-order valence-corrected chi connectivity index (χ3v) is 3.90. The van der Waals surface area contributed by atoms with Gasteiger partial charge in [0.25, 0.3) is 0 Å². The average Bonchev–Trinajstić information content (AvgIpc) is 2.46. The third kappa shape index (κ3) is 4.13. The van der Waals surface area contributed by atoms with Crippen molar-refractivity contribution in [1.29, 1.82) is 0 Å². The minimum absolute atomic E-state index is 0.281. The van der Waals surface area contributed by atoms with Gasteiger partial charge in [0.1, 0.15) is 6.61 Å². The zero-order valence-electron chi connectivity index (χ0n) is 13.2. The lowest BCUT2D eigenvalue weighted by atomic mass is 9.73. The quantitative estimate of drug-likeness (QED) is 0.708. The van der Waals surface area contributed by atoms with Gasteiger partial charge in [0.05, 0.1) is 25.6 Å². The molecule has 2 rings (SSSR count). The fraction of sp³-hybridized carbons (Fsp3) is 0.500. The minimum atomic E-state index is -0.922. The van der Waals surface area contributed by atoms with E-state index in [1.54, 1.807) is 25.3 Å². The number of aliphatic carboxylic acids is 1. The fourth-order valence-corrected chi connectivity index (χ4v) is 2.45. The highest BCUT2D eigenvalue weighted by Crippen LogP contribution is 2.36. The number of methoxy groups -OCH3 is 2. The summed E-state index contributed by atoms with van der Waals surface area (Å²) in [7, 11) is 3.11. The Morgan fingerprint density at radius 1 is 1.17 bits per heavy atom. The van der Waals surface area contributed by atoms with E-state index in [1.165, 1.54) is 7.11 Å². The Bertz CT molecular complexity index is 574. The van der Waals surface area contributed by atoms with Gasteiger partial charge >= 0.3 is 5.97 Å². The first kappa shape index (κ1) is 17.1. The van der Waals surface area contributed by atoms with Crippen molar-refractivity contribution in [3.05, 3.63) is 18.2 Å². The maximum atomic E-state index is 12.2. The van der Waals surface area contributed by atoms with E-state index in [0.29, 0.717) is 43.2 Å². The van der Waals surface area contributed by atoms with Crippen LogP contribution < -0.4 is 14.8 Å². The van der Waals surface area contributed by atoms with Crippen LogP contribution in [0.4, 0.5) is 5.69 Å². The van der Waals surface area contributed by atoms with E-state index in [4.69, 9.17) is 19.3 Å². The van der Waals surface area contributed by atoms with Gasteiger partial charge in [-0.15, -0.1) is 0 Å².